The standard InChI is InChI=1S/C22H23NO3/c1-22(2,3)16-12-10-15(11-13-16)19(24)9-6-14-23-20(25)17-7-4-5-8-18(17)21(23)26/h4-5,7-8,10-13H,6,9,14H2,1-3H3. The second kappa shape index (κ2) is 6.87. The van der Waals surface area contributed by atoms with Crippen LogP contribution in [-0.4, -0.2) is 29.0 Å². The predicted octanol–water partition coefficient (Wildman–Crippen LogP) is 4.24. The average Bonchev–Trinajstić information content (AvgIpc) is 2.86. The third-order valence-corrected chi connectivity index (χ3v) is 4.74. The summed E-state index contributed by atoms with van der Waals surface area (Å²) in [6.07, 6.45) is 0.771. The number of hydrogen-bond donors (Lipinski definition) is 0. The molecule has 134 valence electrons. The van der Waals surface area contributed by atoms with E-state index in [2.05, 4.69) is 20.8 Å². The molecule has 0 saturated carbocycles. The number of hydrogen-bond acceptors (Lipinski definition) is 3. The molecular formula is C22H23NO3. The molecule has 0 spiro atoms. The van der Waals surface area contributed by atoms with E-state index in [9.17, 15) is 14.4 Å². The number of amides is 2. The van der Waals surface area contributed by atoms with E-state index in [1.54, 1.807) is 24.3 Å². The minimum absolute atomic E-state index is 0.0297. The molecule has 2 amide bonds. The van der Waals surface area contributed by atoms with E-state index in [1.165, 1.54) is 10.5 Å². The number of imide groups is 1. The summed E-state index contributed by atoms with van der Waals surface area (Å²) in [5.74, 6) is -0.512. The fourth-order valence-electron chi connectivity index (χ4n) is 3.14. The summed E-state index contributed by atoms with van der Waals surface area (Å²) in [5.41, 5.74) is 2.79. The molecule has 0 aliphatic carbocycles. The van der Waals surface area contributed by atoms with E-state index >= 15 is 0 Å². The summed E-state index contributed by atoms with van der Waals surface area (Å²) in [6.45, 7) is 6.65. The maximum atomic E-state index is 12.4. The van der Waals surface area contributed by atoms with Crippen LogP contribution in [0.1, 0.15) is 70.3 Å². The van der Waals surface area contributed by atoms with Gasteiger partial charge in [-0.25, -0.2) is 0 Å². The minimum atomic E-state index is -0.271. The van der Waals surface area contributed by atoms with Gasteiger partial charge in [-0.3, -0.25) is 19.3 Å². The van der Waals surface area contributed by atoms with Gasteiger partial charge in [0.25, 0.3) is 11.8 Å². The highest BCUT2D eigenvalue weighted by atomic mass is 16.2. The highest BCUT2D eigenvalue weighted by Gasteiger charge is 2.34. The zero-order valence-electron chi connectivity index (χ0n) is 15.4. The van der Waals surface area contributed by atoms with Crippen LogP contribution >= 0.6 is 0 Å². The first-order chi connectivity index (χ1) is 12.3. The lowest BCUT2D eigenvalue weighted by Gasteiger charge is -2.19. The van der Waals surface area contributed by atoms with Gasteiger partial charge < -0.3 is 0 Å². The van der Waals surface area contributed by atoms with E-state index in [0.29, 0.717) is 29.5 Å². The molecule has 1 heterocycles. The summed E-state index contributed by atoms with van der Waals surface area (Å²) in [6, 6.07) is 14.5. The Hall–Kier alpha value is -2.75. The monoisotopic (exact) mass is 349 g/mol. The van der Waals surface area contributed by atoms with Gasteiger partial charge in [-0.15, -0.1) is 0 Å². The Morgan fingerprint density at radius 3 is 1.92 bits per heavy atom. The zero-order chi connectivity index (χ0) is 18.9. The normalized spacial score (nSPS) is 13.9. The Balaban J connectivity index is 1.58. The van der Waals surface area contributed by atoms with E-state index in [-0.39, 0.29) is 29.6 Å². The summed E-state index contributed by atoms with van der Waals surface area (Å²) in [5, 5.41) is 0. The van der Waals surface area contributed by atoms with Gasteiger partial charge >= 0.3 is 0 Å². The van der Waals surface area contributed by atoms with Crippen LogP contribution < -0.4 is 0 Å². The van der Waals surface area contributed by atoms with Crippen LogP contribution in [0.3, 0.4) is 0 Å². The van der Waals surface area contributed by atoms with Crippen LogP contribution in [0.5, 0.6) is 0 Å². The molecule has 0 bridgehead atoms. The third-order valence-electron chi connectivity index (χ3n) is 4.74. The summed E-state index contributed by atoms with van der Waals surface area (Å²) in [7, 11) is 0. The van der Waals surface area contributed by atoms with Crippen molar-refractivity contribution in [2.45, 2.75) is 39.0 Å². The Bertz CT molecular complexity index is 825. The lowest BCUT2D eigenvalue weighted by atomic mass is 9.86. The zero-order valence-corrected chi connectivity index (χ0v) is 15.4. The largest absolute Gasteiger partial charge is 0.294 e. The van der Waals surface area contributed by atoms with E-state index in [0.717, 1.165) is 0 Å². The molecule has 4 nitrogen and oxygen atoms in total. The number of carbonyl (C=O) groups is 3. The van der Waals surface area contributed by atoms with Crippen molar-refractivity contribution >= 4 is 17.6 Å². The first-order valence-electron chi connectivity index (χ1n) is 8.88. The quantitative estimate of drug-likeness (QED) is 0.599. The molecule has 0 saturated heterocycles. The van der Waals surface area contributed by atoms with Gasteiger partial charge in [0.15, 0.2) is 5.78 Å². The number of benzene rings is 2. The van der Waals surface area contributed by atoms with Crippen LogP contribution in [0.4, 0.5) is 0 Å². The molecule has 4 heteroatoms. The van der Waals surface area contributed by atoms with Crippen LogP contribution in [0.2, 0.25) is 0 Å². The van der Waals surface area contributed by atoms with Crippen LogP contribution in [-0.2, 0) is 5.41 Å². The Morgan fingerprint density at radius 2 is 1.42 bits per heavy atom. The van der Waals surface area contributed by atoms with Crippen LogP contribution in [0.25, 0.3) is 0 Å². The molecule has 0 atom stereocenters. The first kappa shape index (κ1) is 18.1. The molecule has 0 fully saturated rings. The van der Waals surface area contributed by atoms with E-state index < -0.39 is 0 Å². The van der Waals surface area contributed by atoms with E-state index in [4.69, 9.17) is 0 Å². The van der Waals surface area contributed by atoms with Gasteiger partial charge in [0.2, 0.25) is 0 Å². The number of fused-ring (bicyclic) bond motifs is 1. The number of nitrogens with zero attached hydrogens (tertiary/aromatic N) is 1. The maximum Gasteiger partial charge on any atom is 0.261 e. The second-order valence-electron chi connectivity index (χ2n) is 7.66. The van der Waals surface area contributed by atoms with Crippen molar-refractivity contribution in [1.82, 2.24) is 4.90 Å². The molecule has 1 aliphatic heterocycles. The van der Waals surface area contributed by atoms with Crippen molar-refractivity contribution in [3.63, 3.8) is 0 Å². The van der Waals surface area contributed by atoms with Crippen molar-refractivity contribution in [2.75, 3.05) is 6.54 Å². The molecule has 2 aromatic carbocycles. The van der Waals surface area contributed by atoms with Crippen LogP contribution in [0.15, 0.2) is 48.5 Å². The van der Waals surface area contributed by atoms with Gasteiger partial charge in [-0.05, 0) is 29.5 Å². The molecule has 0 N–H and O–H groups in total. The predicted molar refractivity (Wildman–Crippen MR) is 101 cm³/mol. The molecule has 3 rings (SSSR count). The number of carbonyl (C=O) groups excluding carboxylic acids is 3. The number of rotatable bonds is 5. The van der Waals surface area contributed by atoms with Gasteiger partial charge in [0.05, 0.1) is 11.1 Å². The number of Topliss-reactive ketones (excluding diaryl/α,β-unsaturated/α-hetero) is 1. The summed E-state index contributed by atoms with van der Waals surface area (Å²) < 4.78 is 0. The maximum absolute atomic E-state index is 12.4. The SMILES string of the molecule is CC(C)(C)c1ccc(C(=O)CCCN2C(=O)c3ccccc3C2=O)cc1. The van der Waals surface area contributed by atoms with Crippen molar-refractivity contribution < 1.29 is 14.4 Å². The average molecular weight is 349 g/mol. The molecule has 2 aromatic rings. The fraction of sp³-hybridized carbons (Fsp3) is 0.318. The Morgan fingerprint density at radius 1 is 0.885 bits per heavy atom. The molecule has 0 unspecified atom stereocenters. The molecular weight excluding hydrogens is 326 g/mol. The van der Waals surface area contributed by atoms with Crippen molar-refractivity contribution in [2.24, 2.45) is 0 Å². The molecule has 1 aliphatic rings. The smallest absolute Gasteiger partial charge is 0.261 e. The highest BCUT2D eigenvalue weighted by molar-refractivity contribution is 6.21. The summed E-state index contributed by atoms with van der Waals surface area (Å²) >= 11 is 0. The van der Waals surface area contributed by atoms with Crippen molar-refractivity contribution in [3.8, 4) is 0 Å². The molecule has 0 aromatic heterocycles. The lowest BCUT2D eigenvalue weighted by molar-refractivity contribution is 0.0647. The first-order valence-corrected chi connectivity index (χ1v) is 8.88. The molecule has 26 heavy (non-hydrogen) atoms. The highest BCUT2D eigenvalue weighted by Crippen LogP contribution is 2.24. The minimum Gasteiger partial charge on any atom is -0.294 e. The van der Waals surface area contributed by atoms with Crippen LogP contribution in [0, 0.1) is 0 Å². The van der Waals surface area contributed by atoms with Crippen molar-refractivity contribution in [3.05, 3.63) is 70.8 Å². The fourth-order valence-corrected chi connectivity index (χ4v) is 3.14. The van der Waals surface area contributed by atoms with Gasteiger partial charge in [-0.2, -0.15) is 0 Å². The van der Waals surface area contributed by atoms with Crippen molar-refractivity contribution in [1.29, 1.82) is 0 Å². The number of ketones is 1. The van der Waals surface area contributed by atoms with E-state index in [1.807, 2.05) is 24.3 Å². The summed E-state index contributed by atoms with van der Waals surface area (Å²) in [4.78, 5) is 38.2. The van der Waals surface area contributed by atoms with Gasteiger partial charge in [0.1, 0.15) is 0 Å². The third kappa shape index (κ3) is 3.45. The van der Waals surface area contributed by atoms with Gasteiger partial charge in [0, 0.05) is 18.5 Å². The second-order valence-corrected chi connectivity index (χ2v) is 7.66. The topological polar surface area (TPSA) is 54.5 Å². The Labute approximate surface area is 153 Å². The lowest BCUT2D eigenvalue weighted by Crippen LogP contribution is -2.31. The molecule has 0 radical (unpaired) electrons. The Kier molecular flexibility index (Phi) is 4.77. The van der Waals surface area contributed by atoms with Gasteiger partial charge in [-0.1, -0.05) is 57.2 Å².